The fraction of sp³-hybridized carbons (Fsp3) is 0. The second-order valence-corrected chi connectivity index (χ2v) is 16.9. The molecule has 4 nitrogen and oxygen atoms in total. The summed E-state index contributed by atoms with van der Waals surface area (Å²) in [7, 11) is 0. The van der Waals surface area contributed by atoms with Gasteiger partial charge in [-0.1, -0.05) is 146 Å². The molecule has 0 saturated heterocycles. The van der Waals surface area contributed by atoms with Crippen LogP contribution in [0.4, 0.5) is 17.1 Å². The predicted molar refractivity (Wildman–Crippen MR) is 262 cm³/mol. The van der Waals surface area contributed by atoms with Gasteiger partial charge in [-0.15, -0.1) is 11.3 Å². The number of oxazole rings is 1. The number of benzene rings is 10. The van der Waals surface area contributed by atoms with Crippen molar-refractivity contribution in [1.29, 1.82) is 0 Å². The molecule has 62 heavy (non-hydrogen) atoms. The van der Waals surface area contributed by atoms with Gasteiger partial charge < -0.3 is 13.9 Å². The lowest BCUT2D eigenvalue weighted by Crippen LogP contribution is -2.11. The largest absolute Gasteiger partial charge is 0.434 e. The maximum atomic E-state index is 6.95. The quantitative estimate of drug-likeness (QED) is 0.168. The highest BCUT2D eigenvalue weighted by Crippen LogP contribution is 2.48. The van der Waals surface area contributed by atoms with E-state index in [1.165, 1.54) is 52.8 Å². The minimum atomic E-state index is 0.591. The number of anilines is 3. The number of fused-ring (bicyclic) bond motifs is 10. The smallest absolute Gasteiger partial charge is 0.227 e. The summed E-state index contributed by atoms with van der Waals surface area (Å²) >= 11 is 1.86. The van der Waals surface area contributed by atoms with E-state index in [2.05, 4.69) is 222 Å². The van der Waals surface area contributed by atoms with Crippen molar-refractivity contribution in [1.82, 2.24) is 9.55 Å². The highest BCUT2D eigenvalue weighted by atomic mass is 32.1. The molecule has 0 unspecified atom stereocenters. The second kappa shape index (κ2) is 13.8. The lowest BCUT2D eigenvalue weighted by molar-refractivity contribution is 0.620. The van der Waals surface area contributed by atoms with E-state index in [0.29, 0.717) is 5.89 Å². The molecule has 0 saturated carbocycles. The van der Waals surface area contributed by atoms with Crippen molar-refractivity contribution in [3.8, 4) is 28.3 Å². The third kappa shape index (κ3) is 5.35. The van der Waals surface area contributed by atoms with E-state index in [4.69, 9.17) is 9.40 Å². The van der Waals surface area contributed by atoms with Crippen LogP contribution in [0.3, 0.4) is 0 Å². The maximum absolute atomic E-state index is 6.95. The molecule has 0 spiro atoms. The molecule has 10 aromatic carbocycles. The Kier molecular flexibility index (Phi) is 7.74. The van der Waals surface area contributed by atoms with Gasteiger partial charge in [0, 0.05) is 53.3 Å². The topological polar surface area (TPSA) is 34.2 Å². The van der Waals surface area contributed by atoms with Crippen LogP contribution in [0.2, 0.25) is 0 Å². The van der Waals surface area contributed by atoms with E-state index in [-0.39, 0.29) is 0 Å². The molecule has 5 heteroatoms. The molecule has 0 radical (unpaired) electrons. The molecule has 3 aromatic heterocycles. The molecule has 0 aliphatic carbocycles. The van der Waals surface area contributed by atoms with Crippen LogP contribution in [-0.2, 0) is 0 Å². The van der Waals surface area contributed by atoms with Gasteiger partial charge in [0.2, 0.25) is 5.89 Å². The Morgan fingerprint density at radius 2 is 1.19 bits per heavy atom. The first-order valence-electron chi connectivity index (χ1n) is 21.0. The molecule has 290 valence electrons. The Balaban J connectivity index is 1.10. The molecule has 13 aromatic rings. The summed E-state index contributed by atoms with van der Waals surface area (Å²) < 4.78 is 11.9. The summed E-state index contributed by atoms with van der Waals surface area (Å²) in [5.74, 6) is 0.591. The summed E-state index contributed by atoms with van der Waals surface area (Å²) in [6.07, 6.45) is 0. The highest BCUT2D eigenvalue weighted by Gasteiger charge is 2.25. The molecule has 3 heterocycles. The van der Waals surface area contributed by atoms with Crippen LogP contribution < -0.4 is 4.90 Å². The molecule has 0 fully saturated rings. The van der Waals surface area contributed by atoms with Crippen molar-refractivity contribution in [3.05, 3.63) is 212 Å². The predicted octanol–water partition coefficient (Wildman–Crippen LogP) is 16.4. The van der Waals surface area contributed by atoms with Gasteiger partial charge in [0.1, 0.15) is 5.52 Å². The second-order valence-electron chi connectivity index (χ2n) is 15.9. The van der Waals surface area contributed by atoms with Gasteiger partial charge in [-0.05, 0) is 94.0 Å². The van der Waals surface area contributed by atoms with Crippen LogP contribution in [0.25, 0.3) is 103 Å². The van der Waals surface area contributed by atoms with E-state index in [0.717, 1.165) is 61.3 Å². The average molecular weight is 810 g/mol. The normalized spacial score (nSPS) is 11.9. The first-order chi connectivity index (χ1) is 30.7. The van der Waals surface area contributed by atoms with Crippen LogP contribution in [0.1, 0.15) is 0 Å². The van der Waals surface area contributed by atoms with Crippen LogP contribution in [0, 0.1) is 0 Å². The fourth-order valence-electron chi connectivity index (χ4n) is 9.60. The monoisotopic (exact) mass is 809 g/mol. The van der Waals surface area contributed by atoms with Gasteiger partial charge in [-0.2, -0.15) is 0 Å². The summed E-state index contributed by atoms with van der Waals surface area (Å²) in [4.78, 5) is 7.53. The minimum Gasteiger partial charge on any atom is -0.434 e. The molecular weight excluding hydrogens is 775 g/mol. The highest BCUT2D eigenvalue weighted by molar-refractivity contribution is 7.26. The number of hydrogen-bond acceptors (Lipinski definition) is 4. The number of hydrogen-bond donors (Lipinski definition) is 0. The lowest BCUT2D eigenvalue weighted by atomic mass is 9.99. The Morgan fingerprint density at radius 3 is 2.10 bits per heavy atom. The van der Waals surface area contributed by atoms with Crippen LogP contribution >= 0.6 is 11.3 Å². The van der Waals surface area contributed by atoms with E-state index in [1.54, 1.807) is 0 Å². The zero-order valence-corrected chi connectivity index (χ0v) is 34.2. The molecule has 0 aliphatic heterocycles. The lowest BCUT2D eigenvalue weighted by Gasteiger charge is -2.28. The Morgan fingerprint density at radius 1 is 0.468 bits per heavy atom. The van der Waals surface area contributed by atoms with Crippen molar-refractivity contribution in [3.63, 3.8) is 0 Å². The summed E-state index contributed by atoms with van der Waals surface area (Å²) in [6, 6.07) is 76.2. The van der Waals surface area contributed by atoms with Crippen molar-refractivity contribution in [2.75, 3.05) is 4.90 Å². The number of thiophene rings is 1. The van der Waals surface area contributed by atoms with Gasteiger partial charge in [0.05, 0.1) is 22.4 Å². The Hall–Kier alpha value is -7.99. The number of rotatable bonds is 6. The zero-order valence-electron chi connectivity index (χ0n) is 33.4. The minimum absolute atomic E-state index is 0.591. The van der Waals surface area contributed by atoms with Gasteiger partial charge >= 0.3 is 0 Å². The number of nitrogens with zero attached hydrogens (tertiary/aromatic N) is 3. The van der Waals surface area contributed by atoms with Crippen molar-refractivity contribution >= 4 is 103 Å². The fourth-order valence-corrected chi connectivity index (χ4v) is 10.8. The van der Waals surface area contributed by atoms with Crippen LogP contribution in [0.15, 0.2) is 217 Å². The van der Waals surface area contributed by atoms with E-state index < -0.39 is 0 Å². The number of aromatic nitrogens is 2. The standard InChI is InChI=1S/C57H35N3OS/c1-2-18-40(19-3-1)59-49-28-10-8-24-47(49)54-45-23-7-6-21-43(45)51(35-52(54)59)60(41-20-12-17-38(34-41)42-25-13-26-46-44-22-9-11-30-53(44)62-56(42)46)50-29-14-27-48-55(50)61-57(58-48)39-32-31-36-15-4-5-16-37(36)33-39/h1-35H. The molecule has 0 atom stereocenters. The average Bonchev–Trinajstić information content (AvgIpc) is 4.05. The van der Waals surface area contributed by atoms with Gasteiger partial charge in [0.25, 0.3) is 0 Å². The van der Waals surface area contributed by atoms with Gasteiger partial charge in [-0.25, -0.2) is 4.98 Å². The molecular formula is C57H35N3OS. The summed E-state index contributed by atoms with van der Waals surface area (Å²) in [5, 5.41) is 9.67. The number of para-hydroxylation sites is 3. The molecule has 0 N–H and O–H groups in total. The summed E-state index contributed by atoms with van der Waals surface area (Å²) in [6.45, 7) is 0. The van der Waals surface area contributed by atoms with Gasteiger partial charge in [-0.3, -0.25) is 0 Å². The Bertz CT molecular complexity index is 3890. The van der Waals surface area contributed by atoms with E-state index in [1.807, 2.05) is 11.3 Å². The van der Waals surface area contributed by atoms with Crippen LogP contribution in [0.5, 0.6) is 0 Å². The van der Waals surface area contributed by atoms with Crippen molar-refractivity contribution < 1.29 is 4.42 Å². The molecule has 13 rings (SSSR count). The third-order valence-electron chi connectivity index (χ3n) is 12.4. The van der Waals surface area contributed by atoms with Crippen molar-refractivity contribution in [2.24, 2.45) is 0 Å². The third-order valence-corrected chi connectivity index (χ3v) is 13.6. The summed E-state index contributed by atoms with van der Waals surface area (Å²) in [5.41, 5.74) is 11.2. The SMILES string of the molecule is c1ccc(-n2c3ccccc3c3c4ccccc4c(N(c4cccc(-c5cccc6c5sc5ccccc56)c4)c4cccc5nc(-c6ccc7ccccc7c6)oc45)cc32)cc1. The molecule has 0 amide bonds. The van der Waals surface area contributed by atoms with E-state index in [9.17, 15) is 0 Å². The zero-order chi connectivity index (χ0) is 40.7. The Labute approximate surface area is 360 Å². The maximum Gasteiger partial charge on any atom is 0.227 e. The van der Waals surface area contributed by atoms with E-state index >= 15 is 0 Å². The first-order valence-corrected chi connectivity index (χ1v) is 21.8. The van der Waals surface area contributed by atoms with Crippen molar-refractivity contribution in [2.45, 2.75) is 0 Å². The first kappa shape index (κ1) is 34.8. The molecule has 0 bridgehead atoms. The molecule has 0 aliphatic rings. The van der Waals surface area contributed by atoms with Gasteiger partial charge in [0.15, 0.2) is 5.58 Å². The van der Waals surface area contributed by atoms with Crippen LogP contribution in [-0.4, -0.2) is 9.55 Å².